The summed E-state index contributed by atoms with van der Waals surface area (Å²) >= 11 is 0. The van der Waals surface area contributed by atoms with Crippen LogP contribution in [0.5, 0.6) is 0 Å². The van der Waals surface area contributed by atoms with Crippen LogP contribution in [0, 0.1) is 0 Å². The predicted octanol–water partition coefficient (Wildman–Crippen LogP) is 3.68. The Hall–Kier alpha value is -1.51. The van der Waals surface area contributed by atoms with Crippen LogP contribution >= 0.6 is 0 Å². The van der Waals surface area contributed by atoms with Gasteiger partial charge in [0.1, 0.15) is 6.10 Å². The number of unbranched alkanes of at least 4 members (excludes halogenated alkanes) is 2. The summed E-state index contributed by atoms with van der Waals surface area (Å²) in [6, 6.07) is 10.6. The molecule has 1 N–H and O–H groups in total. The van der Waals surface area contributed by atoms with E-state index in [0.717, 1.165) is 25.7 Å². The van der Waals surface area contributed by atoms with Gasteiger partial charge in [0, 0.05) is 0 Å². The van der Waals surface area contributed by atoms with Gasteiger partial charge in [-0.15, -0.1) is 0 Å². The Balaban J connectivity index is 1.81. The fourth-order valence-corrected chi connectivity index (χ4v) is 2.58. The largest absolute Gasteiger partial charge is 0.444 e. The third-order valence-electron chi connectivity index (χ3n) is 3.69. The van der Waals surface area contributed by atoms with Gasteiger partial charge < -0.3 is 10.1 Å². The number of cyclic esters (lactones) is 1. The molecule has 0 unspecified atom stereocenters. The van der Waals surface area contributed by atoms with Crippen LogP contribution in [-0.2, 0) is 11.2 Å². The average Bonchev–Trinajstić information content (AvgIpc) is 2.78. The third-order valence-corrected chi connectivity index (χ3v) is 3.69. The average molecular weight is 261 g/mol. The maximum atomic E-state index is 11.4. The molecule has 1 aromatic carbocycles. The molecule has 1 saturated heterocycles. The van der Waals surface area contributed by atoms with Gasteiger partial charge in [0.2, 0.25) is 0 Å². The standard InChI is InChI=1S/C16H23NO2/c1-2-3-5-10-14-15(19-16(18)17-14)12-11-13-8-6-4-7-9-13/h4,6-9,14-15H,2-3,5,10-12H2,1H3,(H,17,18)/t14-,15-/m1/s1. The number of carbonyl (C=O) groups is 1. The first-order valence-corrected chi connectivity index (χ1v) is 7.30. The number of amides is 1. The highest BCUT2D eigenvalue weighted by Crippen LogP contribution is 2.20. The van der Waals surface area contributed by atoms with Gasteiger partial charge >= 0.3 is 6.09 Å². The van der Waals surface area contributed by atoms with E-state index in [1.807, 2.05) is 18.2 Å². The van der Waals surface area contributed by atoms with Crippen LogP contribution in [0.2, 0.25) is 0 Å². The first-order valence-electron chi connectivity index (χ1n) is 7.30. The van der Waals surface area contributed by atoms with Crippen molar-refractivity contribution in [1.82, 2.24) is 5.32 Å². The van der Waals surface area contributed by atoms with E-state index in [-0.39, 0.29) is 18.2 Å². The molecule has 1 aliphatic rings. The molecular formula is C16H23NO2. The lowest BCUT2D eigenvalue weighted by Gasteiger charge is -2.16. The van der Waals surface area contributed by atoms with Gasteiger partial charge in [-0.3, -0.25) is 0 Å². The molecule has 1 amide bonds. The maximum Gasteiger partial charge on any atom is 0.407 e. The van der Waals surface area contributed by atoms with E-state index in [1.54, 1.807) is 0 Å². The van der Waals surface area contributed by atoms with E-state index in [2.05, 4.69) is 24.4 Å². The Morgan fingerprint density at radius 1 is 1.16 bits per heavy atom. The number of hydrogen-bond donors (Lipinski definition) is 1. The van der Waals surface area contributed by atoms with E-state index in [0.29, 0.717) is 0 Å². The topological polar surface area (TPSA) is 38.3 Å². The molecule has 1 aliphatic heterocycles. The number of rotatable bonds is 7. The second-order valence-corrected chi connectivity index (χ2v) is 5.21. The number of benzene rings is 1. The Morgan fingerprint density at radius 2 is 1.95 bits per heavy atom. The molecule has 0 bridgehead atoms. The molecule has 19 heavy (non-hydrogen) atoms. The third kappa shape index (κ3) is 4.27. The lowest BCUT2D eigenvalue weighted by Crippen LogP contribution is -2.31. The molecule has 0 aliphatic carbocycles. The quantitative estimate of drug-likeness (QED) is 0.760. The van der Waals surface area contributed by atoms with Gasteiger partial charge in [0.25, 0.3) is 0 Å². The minimum absolute atomic E-state index is 0.0320. The summed E-state index contributed by atoms with van der Waals surface area (Å²) < 4.78 is 5.38. The molecule has 3 heteroatoms. The van der Waals surface area contributed by atoms with E-state index < -0.39 is 0 Å². The summed E-state index contributed by atoms with van der Waals surface area (Å²) in [4.78, 5) is 11.4. The fraction of sp³-hybridized carbons (Fsp3) is 0.562. The SMILES string of the molecule is CCCCC[C@H]1NC(=O)O[C@@H]1CCc1ccccc1. The van der Waals surface area contributed by atoms with Gasteiger partial charge in [-0.1, -0.05) is 56.5 Å². The molecule has 1 aromatic rings. The summed E-state index contributed by atoms with van der Waals surface area (Å²) in [6.45, 7) is 2.19. The molecule has 3 nitrogen and oxygen atoms in total. The van der Waals surface area contributed by atoms with Crippen molar-refractivity contribution in [3.8, 4) is 0 Å². The van der Waals surface area contributed by atoms with Crippen LogP contribution in [0.25, 0.3) is 0 Å². The van der Waals surface area contributed by atoms with E-state index in [4.69, 9.17) is 4.74 Å². The number of nitrogens with one attached hydrogen (secondary N) is 1. The summed E-state index contributed by atoms with van der Waals surface area (Å²) in [5.74, 6) is 0. The van der Waals surface area contributed by atoms with Crippen LogP contribution in [-0.4, -0.2) is 18.2 Å². The highest BCUT2D eigenvalue weighted by molar-refractivity contribution is 5.70. The number of alkyl carbamates (subject to hydrolysis) is 1. The van der Waals surface area contributed by atoms with E-state index in [9.17, 15) is 4.79 Å². The molecule has 104 valence electrons. The van der Waals surface area contributed by atoms with Crippen LogP contribution in [0.4, 0.5) is 4.79 Å². The molecule has 0 spiro atoms. The zero-order valence-electron chi connectivity index (χ0n) is 11.6. The van der Waals surface area contributed by atoms with Crippen molar-refractivity contribution in [3.63, 3.8) is 0 Å². The van der Waals surface area contributed by atoms with Crippen molar-refractivity contribution in [3.05, 3.63) is 35.9 Å². The van der Waals surface area contributed by atoms with Crippen molar-refractivity contribution in [2.45, 2.75) is 57.6 Å². The van der Waals surface area contributed by atoms with Crippen LogP contribution in [0.15, 0.2) is 30.3 Å². The number of aryl methyl sites for hydroxylation is 1. The number of ether oxygens (including phenoxy) is 1. The van der Waals surface area contributed by atoms with Crippen molar-refractivity contribution in [1.29, 1.82) is 0 Å². The Labute approximate surface area is 115 Å². The zero-order chi connectivity index (χ0) is 13.5. The van der Waals surface area contributed by atoms with Gasteiger partial charge in [-0.2, -0.15) is 0 Å². The highest BCUT2D eigenvalue weighted by Gasteiger charge is 2.32. The first-order chi connectivity index (χ1) is 9.29. The van der Waals surface area contributed by atoms with Crippen LogP contribution in [0.1, 0.15) is 44.6 Å². The first kappa shape index (κ1) is 13.9. The minimum atomic E-state index is -0.250. The second kappa shape index (κ2) is 7.17. The smallest absolute Gasteiger partial charge is 0.407 e. The van der Waals surface area contributed by atoms with Crippen molar-refractivity contribution >= 4 is 6.09 Å². The molecule has 1 heterocycles. The van der Waals surface area contributed by atoms with Crippen molar-refractivity contribution in [2.75, 3.05) is 0 Å². The molecule has 0 aromatic heterocycles. The fourth-order valence-electron chi connectivity index (χ4n) is 2.58. The lowest BCUT2D eigenvalue weighted by atomic mass is 9.98. The minimum Gasteiger partial charge on any atom is -0.444 e. The molecule has 0 radical (unpaired) electrons. The molecule has 2 rings (SSSR count). The second-order valence-electron chi connectivity index (χ2n) is 5.21. The number of carbonyl (C=O) groups excluding carboxylic acids is 1. The van der Waals surface area contributed by atoms with Crippen LogP contribution in [0.3, 0.4) is 0 Å². The maximum absolute atomic E-state index is 11.4. The van der Waals surface area contributed by atoms with Gasteiger partial charge in [0.05, 0.1) is 6.04 Å². The monoisotopic (exact) mass is 261 g/mol. The van der Waals surface area contributed by atoms with Gasteiger partial charge in [-0.25, -0.2) is 4.79 Å². The molecule has 2 atom stereocenters. The van der Waals surface area contributed by atoms with E-state index in [1.165, 1.54) is 18.4 Å². The number of hydrogen-bond acceptors (Lipinski definition) is 2. The summed E-state index contributed by atoms with van der Waals surface area (Å²) in [5.41, 5.74) is 1.30. The van der Waals surface area contributed by atoms with Crippen LogP contribution < -0.4 is 5.32 Å². The predicted molar refractivity (Wildman–Crippen MR) is 76.1 cm³/mol. The van der Waals surface area contributed by atoms with Crippen molar-refractivity contribution < 1.29 is 9.53 Å². The Kier molecular flexibility index (Phi) is 5.25. The highest BCUT2D eigenvalue weighted by atomic mass is 16.6. The Bertz CT molecular complexity index is 391. The summed E-state index contributed by atoms with van der Waals surface area (Å²) in [7, 11) is 0. The molecule has 1 fully saturated rings. The zero-order valence-corrected chi connectivity index (χ0v) is 11.6. The van der Waals surface area contributed by atoms with Crippen molar-refractivity contribution in [2.24, 2.45) is 0 Å². The van der Waals surface area contributed by atoms with E-state index >= 15 is 0 Å². The molecular weight excluding hydrogens is 238 g/mol. The molecule has 0 saturated carbocycles. The van der Waals surface area contributed by atoms with Gasteiger partial charge in [-0.05, 0) is 24.8 Å². The lowest BCUT2D eigenvalue weighted by molar-refractivity contribution is 0.124. The summed E-state index contributed by atoms with van der Waals surface area (Å²) in [5, 5.41) is 2.94. The summed E-state index contributed by atoms with van der Waals surface area (Å²) in [6.07, 6.45) is 6.26. The normalized spacial score (nSPS) is 22.1. The van der Waals surface area contributed by atoms with Gasteiger partial charge in [0.15, 0.2) is 0 Å². The Morgan fingerprint density at radius 3 is 2.68 bits per heavy atom.